The number of rotatable bonds is 2. The van der Waals surface area contributed by atoms with Gasteiger partial charge in [0.1, 0.15) is 0 Å². The lowest BCUT2D eigenvalue weighted by atomic mass is 10.1. The molecule has 0 spiro atoms. The third-order valence-corrected chi connectivity index (χ3v) is 6.88. The Kier molecular flexibility index (Phi) is 4.12. The quantitative estimate of drug-likeness (QED) is 0.713. The van der Waals surface area contributed by atoms with Crippen molar-refractivity contribution in [1.29, 1.82) is 0 Å². The fraction of sp³-hybridized carbons (Fsp3) is 0.444. The van der Waals surface area contributed by atoms with E-state index in [0.717, 1.165) is 0 Å². The highest BCUT2D eigenvalue weighted by atomic mass is 31.1. The van der Waals surface area contributed by atoms with Crippen LogP contribution in [-0.2, 0) is 0 Å². The standard InChI is InChI=1S/C18H26NP/c1-17(2,3)20(18(4,5)6)16-15(12-13-19-16)14-10-8-7-9-11-14/h7-13,19H,1-6H3. The molecule has 0 saturated carbocycles. The van der Waals surface area contributed by atoms with Crippen molar-refractivity contribution in [3.8, 4) is 11.1 Å². The number of hydrogen-bond acceptors (Lipinski definition) is 0. The van der Waals surface area contributed by atoms with E-state index in [1.807, 2.05) is 0 Å². The summed E-state index contributed by atoms with van der Waals surface area (Å²) in [6.07, 6.45) is 2.09. The van der Waals surface area contributed by atoms with Crippen molar-refractivity contribution in [2.45, 2.75) is 51.9 Å². The lowest BCUT2D eigenvalue weighted by molar-refractivity contribution is 0.714. The van der Waals surface area contributed by atoms with E-state index < -0.39 is 0 Å². The van der Waals surface area contributed by atoms with Gasteiger partial charge in [0.2, 0.25) is 0 Å². The molecule has 1 aromatic carbocycles. The predicted molar refractivity (Wildman–Crippen MR) is 92.3 cm³/mol. The minimum atomic E-state index is -0.301. The van der Waals surface area contributed by atoms with Crippen molar-refractivity contribution in [3.05, 3.63) is 42.6 Å². The molecule has 0 fully saturated rings. The van der Waals surface area contributed by atoms with Crippen LogP contribution in [0.4, 0.5) is 0 Å². The minimum absolute atomic E-state index is 0.280. The highest BCUT2D eigenvalue weighted by molar-refractivity contribution is 7.68. The smallest absolute Gasteiger partial charge is 0.0473 e. The second kappa shape index (κ2) is 5.37. The molecule has 0 unspecified atom stereocenters. The second-order valence-corrected chi connectivity index (χ2v) is 11.1. The first-order valence-corrected chi connectivity index (χ1v) is 8.58. The molecule has 0 radical (unpaired) electrons. The van der Waals surface area contributed by atoms with Crippen molar-refractivity contribution in [1.82, 2.24) is 4.98 Å². The largest absolute Gasteiger partial charge is 0.361 e. The molecule has 0 amide bonds. The Hall–Kier alpha value is -1.07. The number of benzene rings is 1. The van der Waals surface area contributed by atoms with Crippen LogP contribution in [0.2, 0.25) is 0 Å². The third kappa shape index (κ3) is 3.15. The van der Waals surface area contributed by atoms with E-state index in [1.165, 1.54) is 16.6 Å². The van der Waals surface area contributed by atoms with Gasteiger partial charge in [0, 0.05) is 17.2 Å². The lowest BCUT2D eigenvalue weighted by Gasteiger charge is -2.41. The molecule has 1 nitrogen and oxygen atoms in total. The van der Waals surface area contributed by atoms with Gasteiger partial charge in [-0.05, 0) is 29.9 Å². The SMILES string of the molecule is CC(C)(C)P(c1[nH]ccc1-c1ccccc1)C(C)(C)C. The van der Waals surface area contributed by atoms with Gasteiger partial charge in [-0.1, -0.05) is 71.9 Å². The van der Waals surface area contributed by atoms with Gasteiger partial charge in [-0.3, -0.25) is 0 Å². The van der Waals surface area contributed by atoms with Gasteiger partial charge in [0.05, 0.1) is 0 Å². The fourth-order valence-corrected chi connectivity index (χ4v) is 7.08. The molecule has 2 heteroatoms. The van der Waals surface area contributed by atoms with Crippen LogP contribution >= 0.6 is 7.92 Å². The molecule has 108 valence electrons. The summed E-state index contributed by atoms with van der Waals surface area (Å²) in [5.74, 6) is 0. The van der Waals surface area contributed by atoms with Crippen molar-refractivity contribution in [2.24, 2.45) is 0 Å². The van der Waals surface area contributed by atoms with Crippen molar-refractivity contribution < 1.29 is 0 Å². The Morgan fingerprint density at radius 3 is 1.85 bits per heavy atom. The molecule has 1 aromatic heterocycles. The van der Waals surface area contributed by atoms with Gasteiger partial charge in [0.15, 0.2) is 0 Å². The first-order chi connectivity index (χ1) is 9.21. The van der Waals surface area contributed by atoms with Gasteiger partial charge in [-0.15, -0.1) is 0 Å². The molecule has 0 saturated heterocycles. The van der Waals surface area contributed by atoms with Gasteiger partial charge < -0.3 is 4.98 Å². The summed E-state index contributed by atoms with van der Waals surface area (Å²) in [6, 6.07) is 12.9. The molecule has 2 rings (SSSR count). The predicted octanol–water partition coefficient (Wildman–Crippen LogP) is 5.39. The first kappa shape index (κ1) is 15.3. The first-order valence-electron chi connectivity index (χ1n) is 7.24. The topological polar surface area (TPSA) is 15.8 Å². The molecule has 0 aliphatic heterocycles. The van der Waals surface area contributed by atoms with Crippen LogP contribution in [0.1, 0.15) is 41.5 Å². The molecular formula is C18H26NP. The average molecular weight is 287 g/mol. The fourth-order valence-electron chi connectivity index (χ4n) is 3.07. The number of aromatic amines is 1. The van der Waals surface area contributed by atoms with Gasteiger partial charge in [0.25, 0.3) is 0 Å². The molecule has 0 bridgehead atoms. The Morgan fingerprint density at radius 1 is 0.800 bits per heavy atom. The average Bonchev–Trinajstić information content (AvgIpc) is 2.75. The van der Waals surface area contributed by atoms with E-state index in [1.54, 1.807) is 0 Å². The van der Waals surface area contributed by atoms with Gasteiger partial charge >= 0.3 is 0 Å². The molecule has 2 aromatic rings. The second-order valence-electron chi connectivity index (χ2n) is 7.28. The van der Waals surface area contributed by atoms with E-state index in [-0.39, 0.29) is 18.2 Å². The van der Waals surface area contributed by atoms with Crippen LogP contribution in [0.25, 0.3) is 11.1 Å². The summed E-state index contributed by atoms with van der Waals surface area (Å²) in [5, 5.41) is 0.559. The molecule has 0 aliphatic carbocycles. The van der Waals surface area contributed by atoms with E-state index >= 15 is 0 Å². The van der Waals surface area contributed by atoms with Gasteiger partial charge in [-0.2, -0.15) is 0 Å². The minimum Gasteiger partial charge on any atom is -0.361 e. The zero-order chi connectivity index (χ0) is 15.0. The highest BCUT2D eigenvalue weighted by Crippen LogP contribution is 2.59. The zero-order valence-corrected chi connectivity index (χ0v) is 14.4. The van der Waals surface area contributed by atoms with E-state index in [4.69, 9.17) is 0 Å². The summed E-state index contributed by atoms with van der Waals surface area (Å²) < 4.78 is 0. The van der Waals surface area contributed by atoms with Crippen molar-refractivity contribution in [3.63, 3.8) is 0 Å². The van der Waals surface area contributed by atoms with Crippen LogP contribution in [0.5, 0.6) is 0 Å². The Bertz CT molecular complexity index is 541. The molecule has 0 aliphatic rings. The van der Waals surface area contributed by atoms with Crippen molar-refractivity contribution >= 4 is 13.4 Å². The van der Waals surface area contributed by atoms with E-state index in [9.17, 15) is 0 Å². The number of H-pyrrole nitrogens is 1. The molecule has 20 heavy (non-hydrogen) atoms. The summed E-state index contributed by atoms with van der Waals surface area (Å²) in [6.45, 7) is 14.2. The number of nitrogens with one attached hydrogen (secondary N) is 1. The Morgan fingerprint density at radius 2 is 1.35 bits per heavy atom. The number of aromatic nitrogens is 1. The maximum absolute atomic E-state index is 3.55. The maximum Gasteiger partial charge on any atom is 0.0473 e. The van der Waals surface area contributed by atoms with Crippen LogP contribution in [0.15, 0.2) is 42.6 Å². The lowest BCUT2D eigenvalue weighted by Crippen LogP contribution is -2.32. The van der Waals surface area contributed by atoms with Crippen LogP contribution < -0.4 is 5.44 Å². The van der Waals surface area contributed by atoms with Crippen LogP contribution in [0.3, 0.4) is 0 Å². The summed E-state index contributed by atoms with van der Waals surface area (Å²) in [7, 11) is -0.301. The maximum atomic E-state index is 3.55. The third-order valence-electron chi connectivity index (χ3n) is 3.38. The molecule has 1 N–H and O–H groups in total. The Balaban J connectivity index is 2.55. The monoisotopic (exact) mass is 287 g/mol. The zero-order valence-electron chi connectivity index (χ0n) is 13.5. The highest BCUT2D eigenvalue weighted by Gasteiger charge is 2.37. The van der Waals surface area contributed by atoms with E-state index in [0.29, 0.717) is 0 Å². The molecule has 1 heterocycles. The van der Waals surface area contributed by atoms with Crippen LogP contribution in [-0.4, -0.2) is 15.3 Å². The molecule has 0 atom stereocenters. The Labute approximate surface area is 124 Å². The van der Waals surface area contributed by atoms with Crippen LogP contribution in [0, 0.1) is 0 Å². The summed E-state index contributed by atoms with van der Waals surface area (Å²) in [4.78, 5) is 3.55. The summed E-state index contributed by atoms with van der Waals surface area (Å²) in [5.41, 5.74) is 4.09. The van der Waals surface area contributed by atoms with Gasteiger partial charge in [-0.25, -0.2) is 0 Å². The molecular weight excluding hydrogens is 261 g/mol. The van der Waals surface area contributed by atoms with Crippen molar-refractivity contribution in [2.75, 3.05) is 0 Å². The number of hydrogen-bond donors (Lipinski definition) is 1. The summed E-state index contributed by atoms with van der Waals surface area (Å²) >= 11 is 0. The normalized spacial score (nSPS) is 12.9. The van der Waals surface area contributed by atoms with E-state index in [2.05, 4.69) is 89.1 Å².